The summed E-state index contributed by atoms with van der Waals surface area (Å²) in [5.41, 5.74) is 1.02. The van der Waals surface area contributed by atoms with Gasteiger partial charge in [-0.05, 0) is 49.2 Å². The predicted octanol–water partition coefficient (Wildman–Crippen LogP) is 3.47. The molecule has 3 rings (SSSR count). The molecule has 1 amide bonds. The summed E-state index contributed by atoms with van der Waals surface area (Å²) in [6.07, 6.45) is 2.56. The lowest BCUT2D eigenvalue weighted by molar-refractivity contribution is -0.384. The van der Waals surface area contributed by atoms with Gasteiger partial charge in [0.15, 0.2) is 0 Å². The minimum atomic E-state index is -3.76. The van der Waals surface area contributed by atoms with Gasteiger partial charge in [-0.1, -0.05) is 6.42 Å². The van der Waals surface area contributed by atoms with Crippen molar-refractivity contribution in [3.05, 3.63) is 52.6 Å². The molecule has 1 heterocycles. The number of nitrogens with one attached hydrogen (secondary N) is 2. The predicted molar refractivity (Wildman–Crippen MR) is 110 cm³/mol. The van der Waals surface area contributed by atoms with Gasteiger partial charge in [0, 0.05) is 37.5 Å². The van der Waals surface area contributed by atoms with E-state index in [0.717, 1.165) is 25.3 Å². The lowest BCUT2D eigenvalue weighted by Crippen LogP contribution is -2.35. The highest BCUT2D eigenvalue weighted by atomic mass is 32.2. The normalized spacial score (nSPS) is 14.9. The number of piperidine rings is 1. The molecule has 2 N–H and O–H groups in total. The number of hydrogen-bond donors (Lipinski definition) is 2. The van der Waals surface area contributed by atoms with Crippen LogP contribution in [-0.2, 0) is 14.8 Å². The van der Waals surface area contributed by atoms with E-state index in [9.17, 15) is 23.3 Å². The average Bonchev–Trinajstić information content (AvgIpc) is 2.69. The highest BCUT2D eigenvalue weighted by molar-refractivity contribution is 7.89. The van der Waals surface area contributed by atoms with Crippen molar-refractivity contribution in [2.45, 2.75) is 31.1 Å². The first-order chi connectivity index (χ1) is 13.8. The van der Waals surface area contributed by atoms with Gasteiger partial charge >= 0.3 is 0 Å². The number of carbonyl (C=O) groups is 1. The molecule has 0 saturated carbocycles. The van der Waals surface area contributed by atoms with Crippen LogP contribution in [-0.4, -0.2) is 36.6 Å². The van der Waals surface area contributed by atoms with Crippen LogP contribution < -0.4 is 10.6 Å². The zero-order valence-corrected chi connectivity index (χ0v) is 16.7. The van der Waals surface area contributed by atoms with Crippen molar-refractivity contribution in [2.75, 3.05) is 23.7 Å². The van der Waals surface area contributed by atoms with Gasteiger partial charge in [0.05, 0.1) is 9.82 Å². The number of nitro benzene ring substituents is 1. The Labute approximate surface area is 168 Å². The Hall–Kier alpha value is -2.98. The van der Waals surface area contributed by atoms with E-state index in [0.29, 0.717) is 24.5 Å². The van der Waals surface area contributed by atoms with Gasteiger partial charge in [-0.2, -0.15) is 4.31 Å². The first-order valence-corrected chi connectivity index (χ1v) is 10.6. The van der Waals surface area contributed by atoms with Crippen molar-refractivity contribution in [3.8, 4) is 0 Å². The molecule has 0 spiro atoms. The first-order valence-electron chi connectivity index (χ1n) is 9.20. The molecule has 2 aromatic carbocycles. The maximum absolute atomic E-state index is 12.8. The lowest BCUT2D eigenvalue weighted by atomic mass is 10.2. The lowest BCUT2D eigenvalue weighted by Gasteiger charge is -2.25. The van der Waals surface area contributed by atoms with Crippen LogP contribution in [0, 0.1) is 10.1 Å². The maximum Gasteiger partial charge on any atom is 0.294 e. The second-order valence-corrected chi connectivity index (χ2v) is 8.72. The Morgan fingerprint density at radius 3 is 2.24 bits per heavy atom. The number of amides is 1. The number of rotatable bonds is 6. The van der Waals surface area contributed by atoms with Crippen LogP contribution in [0.4, 0.5) is 22.7 Å². The monoisotopic (exact) mass is 418 g/mol. The third-order valence-electron chi connectivity index (χ3n) is 4.60. The van der Waals surface area contributed by atoms with Crippen molar-refractivity contribution < 1.29 is 18.1 Å². The summed E-state index contributed by atoms with van der Waals surface area (Å²) in [5.74, 6) is -0.202. The highest BCUT2D eigenvalue weighted by Crippen LogP contribution is 2.32. The van der Waals surface area contributed by atoms with Gasteiger partial charge in [-0.3, -0.25) is 14.9 Å². The van der Waals surface area contributed by atoms with E-state index in [1.165, 1.54) is 23.4 Å². The molecule has 9 nitrogen and oxygen atoms in total. The second kappa shape index (κ2) is 8.58. The van der Waals surface area contributed by atoms with Crippen molar-refractivity contribution >= 4 is 38.7 Å². The molecule has 2 aromatic rings. The molecule has 1 aliphatic rings. The molecular formula is C19H22N4O5S. The smallest absolute Gasteiger partial charge is 0.294 e. The molecule has 0 aromatic heterocycles. The Kier molecular flexibility index (Phi) is 6.14. The fourth-order valence-corrected chi connectivity index (χ4v) is 4.72. The summed E-state index contributed by atoms with van der Waals surface area (Å²) in [6.45, 7) is 2.25. The summed E-state index contributed by atoms with van der Waals surface area (Å²) in [6, 6.07) is 10.5. The van der Waals surface area contributed by atoms with Gasteiger partial charge in [0.2, 0.25) is 15.9 Å². The summed E-state index contributed by atoms with van der Waals surface area (Å²) in [5, 5.41) is 17.1. The molecule has 0 bridgehead atoms. The molecule has 1 saturated heterocycles. The molecule has 1 aliphatic heterocycles. The van der Waals surface area contributed by atoms with Crippen LogP contribution in [0.1, 0.15) is 26.2 Å². The number of carbonyl (C=O) groups excluding carboxylic acids is 1. The molecule has 0 atom stereocenters. The number of nitro groups is 1. The van der Waals surface area contributed by atoms with Crippen molar-refractivity contribution in [2.24, 2.45) is 0 Å². The van der Waals surface area contributed by atoms with Crippen molar-refractivity contribution in [3.63, 3.8) is 0 Å². The molecule has 10 heteroatoms. The molecule has 29 heavy (non-hydrogen) atoms. The Balaban J connectivity index is 1.86. The van der Waals surface area contributed by atoms with E-state index in [4.69, 9.17) is 0 Å². The fourth-order valence-electron chi connectivity index (χ4n) is 3.18. The van der Waals surface area contributed by atoms with Gasteiger partial charge < -0.3 is 10.6 Å². The summed E-state index contributed by atoms with van der Waals surface area (Å²) in [4.78, 5) is 21.9. The number of anilines is 3. The van der Waals surface area contributed by atoms with Crippen molar-refractivity contribution in [1.29, 1.82) is 0 Å². The Bertz CT molecular complexity index is 1020. The first kappa shape index (κ1) is 20.7. The minimum Gasteiger partial charge on any atom is -0.350 e. The highest BCUT2D eigenvalue weighted by Gasteiger charge is 2.28. The van der Waals surface area contributed by atoms with Crippen LogP contribution in [0.25, 0.3) is 0 Å². The number of sulfonamides is 1. The van der Waals surface area contributed by atoms with Gasteiger partial charge in [-0.25, -0.2) is 8.42 Å². The van der Waals surface area contributed by atoms with Gasteiger partial charge in [0.25, 0.3) is 5.69 Å². The average molecular weight is 418 g/mol. The standard InChI is InChI=1S/C19H22N4O5S/c1-14(24)20-15-5-7-16(8-6-15)21-18-10-9-17(13-19(18)23(25)26)29(27,28)22-11-3-2-4-12-22/h5-10,13,21H,2-4,11-12H2,1H3,(H,20,24). The maximum atomic E-state index is 12.8. The van der Waals surface area contributed by atoms with E-state index < -0.39 is 14.9 Å². The van der Waals surface area contributed by atoms with E-state index >= 15 is 0 Å². The van der Waals surface area contributed by atoms with Crippen LogP contribution in [0.15, 0.2) is 47.4 Å². The van der Waals surface area contributed by atoms with E-state index in [1.807, 2.05) is 0 Å². The number of hydrogen-bond acceptors (Lipinski definition) is 6. The molecule has 0 unspecified atom stereocenters. The van der Waals surface area contributed by atoms with E-state index in [1.54, 1.807) is 24.3 Å². The van der Waals surface area contributed by atoms with E-state index in [-0.39, 0.29) is 22.2 Å². The topological polar surface area (TPSA) is 122 Å². The van der Waals surface area contributed by atoms with Crippen molar-refractivity contribution in [1.82, 2.24) is 4.31 Å². The van der Waals surface area contributed by atoms with Crippen LogP contribution in [0.2, 0.25) is 0 Å². The molecule has 1 fully saturated rings. The summed E-state index contributed by atoms with van der Waals surface area (Å²) in [7, 11) is -3.76. The third-order valence-corrected chi connectivity index (χ3v) is 6.50. The molecule has 0 radical (unpaired) electrons. The summed E-state index contributed by atoms with van der Waals surface area (Å²) >= 11 is 0. The largest absolute Gasteiger partial charge is 0.350 e. The van der Waals surface area contributed by atoms with Crippen LogP contribution >= 0.6 is 0 Å². The zero-order chi connectivity index (χ0) is 21.0. The Morgan fingerprint density at radius 2 is 1.66 bits per heavy atom. The molecule has 0 aliphatic carbocycles. The van der Waals surface area contributed by atoms with Gasteiger partial charge in [0.1, 0.15) is 5.69 Å². The molecular weight excluding hydrogens is 396 g/mol. The number of benzene rings is 2. The second-order valence-electron chi connectivity index (χ2n) is 6.78. The van der Waals surface area contributed by atoms with Gasteiger partial charge in [-0.15, -0.1) is 0 Å². The SMILES string of the molecule is CC(=O)Nc1ccc(Nc2ccc(S(=O)(=O)N3CCCCC3)cc2[N+](=O)[O-])cc1. The zero-order valence-electron chi connectivity index (χ0n) is 15.9. The van der Waals surface area contributed by atoms with Crippen LogP contribution in [0.3, 0.4) is 0 Å². The summed E-state index contributed by atoms with van der Waals surface area (Å²) < 4.78 is 27.0. The molecule has 154 valence electrons. The Morgan fingerprint density at radius 1 is 1.03 bits per heavy atom. The minimum absolute atomic E-state index is 0.0855. The van der Waals surface area contributed by atoms with Crippen LogP contribution in [0.5, 0.6) is 0 Å². The third kappa shape index (κ3) is 4.90. The van der Waals surface area contributed by atoms with E-state index in [2.05, 4.69) is 10.6 Å². The quantitative estimate of drug-likeness (QED) is 0.547. The fraction of sp³-hybridized carbons (Fsp3) is 0.316. The number of nitrogens with zero attached hydrogens (tertiary/aromatic N) is 2.